The number of carbonyl (C=O) groups is 1. The highest BCUT2D eigenvalue weighted by Crippen LogP contribution is 2.45. The molecule has 0 bridgehead atoms. The Labute approximate surface area is 115 Å². The highest BCUT2D eigenvalue weighted by Gasteiger charge is 2.36. The summed E-state index contributed by atoms with van der Waals surface area (Å²) in [7, 11) is 0. The van der Waals surface area contributed by atoms with Gasteiger partial charge in [-0.2, -0.15) is 0 Å². The molecule has 0 fully saturated rings. The predicted molar refractivity (Wildman–Crippen MR) is 77.7 cm³/mol. The topological polar surface area (TPSA) is 37.3 Å². The van der Waals surface area contributed by atoms with Crippen molar-refractivity contribution >= 4 is 5.97 Å². The van der Waals surface area contributed by atoms with Gasteiger partial charge < -0.3 is 5.11 Å². The molecular weight excluding hydrogens is 236 g/mol. The maximum absolute atomic E-state index is 10.7. The van der Waals surface area contributed by atoms with Gasteiger partial charge in [0.05, 0.1) is 0 Å². The van der Waals surface area contributed by atoms with Crippen LogP contribution in [0.25, 0.3) is 0 Å². The Bertz CT molecular complexity index is 498. The van der Waals surface area contributed by atoms with E-state index >= 15 is 0 Å². The van der Waals surface area contributed by atoms with Crippen LogP contribution in [0.2, 0.25) is 0 Å². The minimum Gasteiger partial charge on any atom is -0.481 e. The Morgan fingerprint density at radius 3 is 2.26 bits per heavy atom. The van der Waals surface area contributed by atoms with Crippen LogP contribution in [0.3, 0.4) is 0 Å². The van der Waals surface area contributed by atoms with Gasteiger partial charge in [-0.1, -0.05) is 45.9 Å². The summed E-state index contributed by atoms with van der Waals surface area (Å²) in [5.74, 6) is -0.725. The second-order valence-electron chi connectivity index (χ2n) is 7.04. The molecule has 0 aliphatic heterocycles. The van der Waals surface area contributed by atoms with Gasteiger partial charge in [-0.05, 0) is 46.8 Å². The van der Waals surface area contributed by atoms with Crippen molar-refractivity contribution in [3.63, 3.8) is 0 Å². The highest BCUT2D eigenvalue weighted by atomic mass is 16.4. The van der Waals surface area contributed by atoms with E-state index in [1.54, 1.807) is 0 Å². The molecular formula is C17H24O2. The molecule has 2 nitrogen and oxygen atoms in total. The van der Waals surface area contributed by atoms with Gasteiger partial charge in [0.2, 0.25) is 0 Å². The molecule has 0 spiro atoms. The monoisotopic (exact) mass is 260 g/mol. The zero-order chi connectivity index (χ0) is 14.3. The average Bonchev–Trinajstić information content (AvgIpc) is 2.32. The lowest BCUT2D eigenvalue weighted by Gasteiger charge is -2.42. The number of benzene rings is 1. The van der Waals surface area contributed by atoms with Gasteiger partial charge in [0.1, 0.15) is 0 Å². The van der Waals surface area contributed by atoms with Crippen LogP contribution in [0.15, 0.2) is 18.2 Å². The summed E-state index contributed by atoms with van der Waals surface area (Å²) in [6, 6.07) is 6.55. The predicted octanol–water partition coefficient (Wildman–Crippen LogP) is 4.05. The van der Waals surface area contributed by atoms with E-state index in [-0.39, 0.29) is 17.3 Å². The third kappa shape index (κ3) is 2.83. The number of hydrogen-bond acceptors (Lipinski definition) is 1. The molecule has 0 radical (unpaired) electrons. The normalized spacial score (nSPS) is 19.8. The minimum atomic E-state index is -0.725. The number of fused-ring (bicyclic) bond motifs is 1. The number of hydrogen-bond donors (Lipinski definition) is 1. The van der Waals surface area contributed by atoms with Crippen LogP contribution in [-0.2, 0) is 22.0 Å². The Morgan fingerprint density at radius 1 is 1.11 bits per heavy atom. The number of carboxylic acid groups (broad SMARTS) is 1. The van der Waals surface area contributed by atoms with Gasteiger partial charge in [-0.3, -0.25) is 4.79 Å². The standard InChI is InChI=1S/C17H24O2/c1-16(2)9-10-17(3,4)14-11-12(5-7-13(14)16)6-8-15(18)19/h5,7,11H,6,8-10H2,1-4H3,(H,18,19). The summed E-state index contributed by atoms with van der Waals surface area (Å²) in [6.45, 7) is 9.19. The maximum atomic E-state index is 10.7. The third-order valence-electron chi connectivity index (χ3n) is 4.54. The van der Waals surface area contributed by atoms with Gasteiger partial charge in [-0.25, -0.2) is 0 Å². The summed E-state index contributed by atoms with van der Waals surface area (Å²) in [4.78, 5) is 10.7. The average molecular weight is 260 g/mol. The molecule has 1 aliphatic carbocycles. The third-order valence-corrected chi connectivity index (χ3v) is 4.54. The number of rotatable bonds is 3. The van der Waals surface area contributed by atoms with Gasteiger partial charge in [0.25, 0.3) is 0 Å². The van der Waals surface area contributed by atoms with Gasteiger partial charge >= 0.3 is 5.97 Å². The zero-order valence-electron chi connectivity index (χ0n) is 12.4. The highest BCUT2D eigenvalue weighted by molar-refractivity contribution is 5.67. The lowest BCUT2D eigenvalue weighted by Crippen LogP contribution is -2.33. The van der Waals surface area contributed by atoms with Crippen molar-refractivity contribution in [3.8, 4) is 0 Å². The number of aliphatic carboxylic acids is 1. The fourth-order valence-corrected chi connectivity index (χ4v) is 3.04. The molecule has 104 valence electrons. The van der Waals surface area contributed by atoms with E-state index in [9.17, 15) is 4.79 Å². The molecule has 1 N–H and O–H groups in total. The quantitative estimate of drug-likeness (QED) is 0.890. The summed E-state index contributed by atoms with van der Waals surface area (Å²) in [5.41, 5.74) is 4.42. The van der Waals surface area contributed by atoms with Crippen LogP contribution >= 0.6 is 0 Å². The first kappa shape index (κ1) is 14.1. The van der Waals surface area contributed by atoms with Crippen molar-refractivity contribution in [3.05, 3.63) is 34.9 Å². The van der Waals surface area contributed by atoms with E-state index in [0.717, 1.165) is 5.56 Å². The first-order valence-electron chi connectivity index (χ1n) is 7.08. The van der Waals surface area contributed by atoms with Crippen LogP contribution in [0.4, 0.5) is 0 Å². The molecule has 0 saturated heterocycles. The molecule has 1 aromatic rings. The van der Waals surface area contributed by atoms with Crippen molar-refractivity contribution in [1.82, 2.24) is 0 Å². The van der Waals surface area contributed by atoms with E-state index in [1.807, 2.05) is 0 Å². The van der Waals surface area contributed by atoms with E-state index in [4.69, 9.17) is 5.11 Å². The van der Waals surface area contributed by atoms with Crippen molar-refractivity contribution in [1.29, 1.82) is 0 Å². The molecule has 1 aliphatic rings. The molecule has 0 aromatic heterocycles. The maximum Gasteiger partial charge on any atom is 0.303 e. The molecule has 2 heteroatoms. The molecule has 1 aromatic carbocycles. The van der Waals surface area contributed by atoms with Crippen molar-refractivity contribution < 1.29 is 9.90 Å². The van der Waals surface area contributed by atoms with E-state index in [0.29, 0.717) is 6.42 Å². The Hall–Kier alpha value is -1.31. The summed E-state index contributed by atoms with van der Waals surface area (Å²) >= 11 is 0. The second kappa shape index (κ2) is 4.66. The molecule has 0 amide bonds. The minimum absolute atomic E-state index is 0.198. The van der Waals surface area contributed by atoms with Crippen LogP contribution in [-0.4, -0.2) is 11.1 Å². The smallest absolute Gasteiger partial charge is 0.303 e. The first-order chi connectivity index (χ1) is 8.72. The Morgan fingerprint density at radius 2 is 1.68 bits per heavy atom. The fourth-order valence-electron chi connectivity index (χ4n) is 3.04. The Balaban J connectivity index is 2.39. The fraction of sp³-hybridized carbons (Fsp3) is 0.588. The van der Waals surface area contributed by atoms with Crippen LogP contribution in [0, 0.1) is 0 Å². The Kier molecular flexibility index (Phi) is 3.46. The van der Waals surface area contributed by atoms with Gasteiger partial charge in [0.15, 0.2) is 0 Å². The largest absolute Gasteiger partial charge is 0.481 e. The summed E-state index contributed by atoms with van der Waals surface area (Å²) in [6.07, 6.45) is 3.23. The van der Waals surface area contributed by atoms with E-state index in [1.165, 1.54) is 24.0 Å². The van der Waals surface area contributed by atoms with Crippen molar-refractivity contribution in [2.45, 2.75) is 64.2 Å². The number of aryl methyl sites for hydroxylation is 1. The molecule has 0 unspecified atom stereocenters. The first-order valence-corrected chi connectivity index (χ1v) is 7.08. The molecule has 0 heterocycles. The second-order valence-corrected chi connectivity index (χ2v) is 7.04. The molecule has 19 heavy (non-hydrogen) atoms. The van der Waals surface area contributed by atoms with Crippen molar-refractivity contribution in [2.24, 2.45) is 0 Å². The van der Waals surface area contributed by atoms with Crippen LogP contribution in [0.1, 0.15) is 63.6 Å². The summed E-state index contributed by atoms with van der Waals surface area (Å²) < 4.78 is 0. The van der Waals surface area contributed by atoms with Crippen LogP contribution < -0.4 is 0 Å². The van der Waals surface area contributed by atoms with Crippen LogP contribution in [0.5, 0.6) is 0 Å². The van der Waals surface area contributed by atoms with Gasteiger partial charge in [-0.15, -0.1) is 0 Å². The molecule has 2 rings (SSSR count). The van der Waals surface area contributed by atoms with E-state index in [2.05, 4.69) is 45.9 Å². The van der Waals surface area contributed by atoms with Gasteiger partial charge in [0, 0.05) is 6.42 Å². The molecule has 0 saturated carbocycles. The zero-order valence-corrected chi connectivity index (χ0v) is 12.4. The van der Waals surface area contributed by atoms with E-state index < -0.39 is 5.97 Å². The summed E-state index contributed by atoms with van der Waals surface area (Å²) in [5, 5.41) is 8.80. The van der Waals surface area contributed by atoms with Crippen molar-refractivity contribution in [2.75, 3.05) is 0 Å². The SMILES string of the molecule is CC1(C)CCC(C)(C)c2cc(CCC(=O)O)ccc21. The lowest BCUT2D eigenvalue weighted by atomic mass is 9.63. The number of carboxylic acids is 1. The lowest BCUT2D eigenvalue weighted by molar-refractivity contribution is -0.136. The molecule has 0 atom stereocenters.